The van der Waals surface area contributed by atoms with Gasteiger partial charge >= 0.3 is 0 Å². The van der Waals surface area contributed by atoms with Gasteiger partial charge in [-0.05, 0) is 34.4 Å². The molecule has 1 amide bonds. The van der Waals surface area contributed by atoms with Crippen molar-refractivity contribution in [2.45, 2.75) is 44.2 Å². The van der Waals surface area contributed by atoms with Crippen LogP contribution in [0.4, 0.5) is 0 Å². The molecule has 0 radical (unpaired) electrons. The zero-order valence-corrected chi connectivity index (χ0v) is 21.7. The minimum Gasteiger partial charge on any atom is -0.374 e. The molecule has 200 valence electrons. The molecule has 4 aromatic rings. The molecule has 0 bridgehead atoms. The number of carbonyl (C=O) groups excluding carboxylic acids is 1. The van der Waals surface area contributed by atoms with E-state index in [2.05, 4.69) is 0 Å². The van der Waals surface area contributed by atoms with Crippen LogP contribution < -0.4 is 5.73 Å². The summed E-state index contributed by atoms with van der Waals surface area (Å²) in [5.74, 6) is -0.490. The van der Waals surface area contributed by atoms with Crippen molar-refractivity contribution in [3.05, 3.63) is 143 Å². The van der Waals surface area contributed by atoms with Crippen LogP contribution in [0.3, 0.4) is 0 Å². The lowest BCUT2D eigenvalue weighted by atomic mass is 9.99. The standard InChI is InChI=1S/C33H33NO5/c34-33(35)28-18-10-17-27(19-28)30-32(38-22-26-15-8-3-9-16-26)31(37-21-25-13-6-2-7-14-25)29(39-30)23-36-20-24-11-4-1-5-12-24/h1-19,29-32H,20-23H2,(H2,34,35)/t29-,30+,31-,32+/m1/s1. The Morgan fingerprint density at radius 2 is 1.21 bits per heavy atom. The third-order valence-electron chi connectivity index (χ3n) is 6.77. The molecule has 0 spiro atoms. The van der Waals surface area contributed by atoms with E-state index in [1.54, 1.807) is 12.1 Å². The first-order chi connectivity index (χ1) is 19.2. The lowest BCUT2D eigenvalue weighted by molar-refractivity contribution is -0.0898. The van der Waals surface area contributed by atoms with E-state index in [1.165, 1.54) is 0 Å². The van der Waals surface area contributed by atoms with Gasteiger partial charge in [0, 0.05) is 5.56 Å². The smallest absolute Gasteiger partial charge is 0.248 e. The van der Waals surface area contributed by atoms with Crippen molar-refractivity contribution in [2.75, 3.05) is 6.61 Å². The molecule has 1 fully saturated rings. The minimum absolute atomic E-state index is 0.325. The lowest BCUT2D eigenvalue weighted by Crippen LogP contribution is -2.37. The van der Waals surface area contributed by atoms with E-state index in [-0.39, 0.29) is 6.10 Å². The fraction of sp³-hybridized carbons (Fsp3) is 0.242. The fourth-order valence-corrected chi connectivity index (χ4v) is 4.78. The third-order valence-corrected chi connectivity index (χ3v) is 6.77. The summed E-state index contributed by atoms with van der Waals surface area (Å²) in [5, 5.41) is 0. The Hall–Kier alpha value is -3.81. The molecule has 0 unspecified atom stereocenters. The predicted octanol–water partition coefficient (Wildman–Crippen LogP) is 5.61. The molecule has 6 nitrogen and oxygen atoms in total. The van der Waals surface area contributed by atoms with Crippen molar-refractivity contribution < 1.29 is 23.7 Å². The van der Waals surface area contributed by atoms with Crippen molar-refractivity contribution in [1.82, 2.24) is 0 Å². The Balaban J connectivity index is 1.40. The summed E-state index contributed by atoms with van der Waals surface area (Å²) in [7, 11) is 0. The van der Waals surface area contributed by atoms with E-state index in [0.29, 0.717) is 32.0 Å². The zero-order valence-electron chi connectivity index (χ0n) is 21.7. The van der Waals surface area contributed by atoms with E-state index in [1.807, 2.05) is 103 Å². The van der Waals surface area contributed by atoms with E-state index in [9.17, 15) is 4.79 Å². The van der Waals surface area contributed by atoms with E-state index < -0.39 is 24.2 Å². The van der Waals surface area contributed by atoms with Gasteiger partial charge in [-0.1, -0.05) is 103 Å². The number of carbonyl (C=O) groups is 1. The number of benzene rings is 4. The van der Waals surface area contributed by atoms with Crippen LogP contribution >= 0.6 is 0 Å². The summed E-state index contributed by atoms with van der Waals surface area (Å²) in [6.07, 6.45) is -1.71. The van der Waals surface area contributed by atoms with Gasteiger partial charge in [0.15, 0.2) is 0 Å². The van der Waals surface area contributed by atoms with Gasteiger partial charge in [-0.3, -0.25) is 4.79 Å². The highest BCUT2D eigenvalue weighted by atomic mass is 16.6. The second-order valence-electron chi connectivity index (χ2n) is 9.61. The van der Waals surface area contributed by atoms with Gasteiger partial charge < -0.3 is 24.7 Å². The molecule has 1 aliphatic heterocycles. The van der Waals surface area contributed by atoms with Crippen LogP contribution in [0.1, 0.15) is 38.7 Å². The molecule has 4 aromatic carbocycles. The molecule has 39 heavy (non-hydrogen) atoms. The highest BCUT2D eigenvalue weighted by Crippen LogP contribution is 2.38. The summed E-state index contributed by atoms with van der Waals surface area (Å²) in [5.41, 5.74) is 10.0. The van der Waals surface area contributed by atoms with E-state index in [0.717, 1.165) is 22.3 Å². The molecular weight excluding hydrogens is 490 g/mol. The van der Waals surface area contributed by atoms with Crippen molar-refractivity contribution in [2.24, 2.45) is 5.73 Å². The number of amides is 1. The van der Waals surface area contributed by atoms with Gasteiger partial charge in [-0.2, -0.15) is 0 Å². The number of nitrogens with two attached hydrogens (primary N) is 1. The van der Waals surface area contributed by atoms with E-state index in [4.69, 9.17) is 24.7 Å². The van der Waals surface area contributed by atoms with Crippen LogP contribution in [0, 0.1) is 0 Å². The highest BCUT2D eigenvalue weighted by Gasteiger charge is 2.47. The van der Waals surface area contributed by atoms with Crippen LogP contribution in [0.5, 0.6) is 0 Å². The first-order valence-corrected chi connectivity index (χ1v) is 13.2. The molecule has 2 N–H and O–H groups in total. The molecular formula is C33H33NO5. The maximum absolute atomic E-state index is 11.9. The number of ether oxygens (including phenoxy) is 4. The van der Waals surface area contributed by atoms with Crippen LogP contribution in [0.25, 0.3) is 0 Å². The summed E-state index contributed by atoms with van der Waals surface area (Å²) in [6, 6.07) is 37.3. The monoisotopic (exact) mass is 523 g/mol. The Bertz CT molecular complexity index is 1320. The quantitative estimate of drug-likeness (QED) is 0.261. The molecule has 5 rings (SSSR count). The third kappa shape index (κ3) is 7.19. The second-order valence-corrected chi connectivity index (χ2v) is 9.61. The Labute approximate surface area is 229 Å². The fourth-order valence-electron chi connectivity index (χ4n) is 4.78. The molecule has 1 aliphatic rings. The number of hydrogen-bond donors (Lipinski definition) is 1. The van der Waals surface area contributed by atoms with Crippen LogP contribution in [-0.4, -0.2) is 30.8 Å². The summed E-state index contributed by atoms with van der Waals surface area (Å²) >= 11 is 0. The average Bonchev–Trinajstić information content (AvgIpc) is 3.33. The van der Waals surface area contributed by atoms with Crippen LogP contribution in [0.15, 0.2) is 115 Å². The maximum Gasteiger partial charge on any atom is 0.248 e. The summed E-state index contributed by atoms with van der Waals surface area (Å²) in [6.45, 7) is 1.59. The van der Waals surface area contributed by atoms with Crippen molar-refractivity contribution in [3.63, 3.8) is 0 Å². The first kappa shape index (κ1) is 26.8. The molecule has 0 aromatic heterocycles. The SMILES string of the molecule is NC(=O)c1cccc([C@@H]2O[C@H](COCc3ccccc3)[C@@H](OCc3ccccc3)[C@H]2OCc2ccccc2)c1. The average molecular weight is 524 g/mol. The van der Waals surface area contributed by atoms with E-state index >= 15 is 0 Å². The highest BCUT2D eigenvalue weighted by molar-refractivity contribution is 5.92. The van der Waals surface area contributed by atoms with Gasteiger partial charge in [0.2, 0.25) is 5.91 Å². The minimum atomic E-state index is -0.490. The number of rotatable bonds is 12. The Kier molecular flexibility index (Phi) is 9.14. The maximum atomic E-state index is 11.9. The molecule has 6 heteroatoms. The second kappa shape index (κ2) is 13.3. The zero-order chi connectivity index (χ0) is 26.9. The predicted molar refractivity (Wildman–Crippen MR) is 149 cm³/mol. The Morgan fingerprint density at radius 3 is 1.77 bits per heavy atom. The summed E-state index contributed by atoms with van der Waals surface area (Å²) < 4.78 is 25.7. The molecule has 4 atom stereocenters. The van der Waals surface area contributed by atoms with Gasteiger partial charge in [0.25, 0.3) is 0 Å². The molecule has 1 saturated heterocycles. The van der Waals surface area contributed by atoms with Gasteiger partial charge in [0.05, 0.1) is 26.4 Å². The number of primary amides is 1. The molecule has 1 heterocycles. The topological polar surface area (TPSA) is 80.0 Å². The van der Waals surface area contributed by atoms with Crippen LogP contribution in [-0.2, 0) is 38.8 Å². The molecule has 0 saturated carbocycles. The molecule has 0 aliphatic carbocycles. The largest absolute Gasteiger partial charge is 0.374 e. The van der Waals surface area contributed by atoms with Crippen LogP contribution in [0.2, 0.25) is 0 Å². The van der Waals surface area contributed by atoms with Crippen molar-refractivity contribution in [3.8, 4) is 0 Å². The van der Waals surface area contributed by atoms with Crippen molar-refractivity contribution in [1.29, 1.82) is 0 Å². The summed E-state index contributed by atoms with van der Waals surface area (Å²) in [4.78, 5) is 11.9. The first-order valence-electron chi connectivity index (χ1n) is 13.2. The number of hydrogen-bond acceptors (Lipinski definition) is 5. The normalized spacial score (nSPS) is 20.6. The Morgan fingerprint density at radius 1 is 0.667 bits per heavy atom. The van der Waals surface area contributed by atoms with Gasteiger partial charge in [-0.25, -0.2) is 0 Å². The lowest BCUT2D eigenvalue weighted by Gasteiger charge is -2.25. The van der Waals surface area contributed by atoms with Crippen molar-refractivity contribution >= 4 is 5.91 Å². The van der Waals surface area contributed by atoms with Gasteiger partial charge in [0.1, 0.15) is 24.4 Å². The van der Waals surface area contributed by atoms with Gasteiger partial charge in [-0.15, -0.1) is 0 Å².